The summed E-state index contributed by atoms with van der Waals surface area (Å²) >= 11 is 3.32. The zero-order chi connectivity index (χ0) is 19.0. The van der Waals surface area contributed by atoms with Crippen molar-refractivity contribution in [1.29, 1.82) is 0 Å². The molecular formula is C15H16N2O5S3. The molecule has 2 rings (SSSR count). The molecule has 0 aliphatic rings. The van der Waals surface area contributed by atoms with E-state index >= 15 is 0 Å². The highest BCUT2D eigenvalue weighted by atomic mass is 33.1. The molecule has 0 radical (unpaired) electrons. The van der Waals surface area contributed by atoms with Crippen molar-refractivity contribution in [3.05, 3.63) is 59.2 Å². The molecule has 0 aromatic heterocycles. The van der Waals surface area contributed by atoms with Crippen LogP contribution in [0.1, 0.15) is 21.5 Å². The third-order valence-corrected chi connectivity index (χ3v) is 7.58. The number of hydrogen-bond donors (Lipinski definition) is 2. The number of nitrogens with zero attached hydrogens (tertiary/aromatic N) is 1. The SMILES string of the molecule is Cc1ccc(C(=O)N(S(=O)(=O)S)S(=O)(=O)c2ccc(N)cc2)cc1C. The van der Waals surface area contributed by atoms with Gasteiger partial charge >= 0.3 is 9.06 Å². The van der Waals surface area contributed by atoms with E-state index in [1.165, 1.54) is 24.3 Å². The van der Waals surface area contributed by atoms with Crippen LogP contribution in [0.15, 0.2) is 47.4 Å². The van der Waals surface area contributed by atoms with Crippen molar-refractivity contribution in [3.8, 4) is 0 Å². The summed E-state index contributed by atoms with van der Waals surface area (Å²) in [5.74, 6) is -1.21. The van der Waals surface area contributed by atoms with Crippen LogP contribution in [0.5, 0.6) is 0 Å². The lowest BCUT2D eigenvalue weighted by molar-refractivity contribution is 0.0923. The molecule has 2 aromatic carbocycles. The van der Waals surface area contributed by atoms with Crippen molar-refractivity contribution >= 4 is 42.3 Å². The van der Waals surface area contributed by atoms with Crippen LogP contribution < -0.4 is 5.73 Å². The van der Waals surface area contributed by atoms with E-state index < -0.39 is 29.9 Å². The van der Waals surface area contributed by atoms with Gasteiger partial charge in [0.1, 0.15) is 0 Å². The lowest BCUT2D eigenvalue weighted by Gasteiger charge is -2.20. The molecule has 0 bridgehead atoms. The van der Waals surface area contributed by atoms with Crippen molar-refractivity contribution in [2.45, 2.75) is 18.7 Å². The van der Waals surface area contributed by atoms with Crippen molar-refractivity contribution in [3.63, 3.8) is 0 Å². The third-order valence-electron chi connectivity index (χ3n) is 3.53. The summed E-state index contributed by atoms with van der Waals surface area (Å²) in [5.41, 5.74) is 7.30. The van der Waals surface area contributed by atoms with Gasteiger partial charge in [0.05, 0.1) is 4.90 Å². The van der Waals surface area contributed by atoms with E-state index in [1.807, 2.05) is 6.92 Å². The van der Waals surface area contributed by atoms with E-state index in [0.717, 1.165) is 17.7 Å². The van der Waals surface area contributed by atoms with E-state index in [4.69, 9.17) is 5.73 Å². The zero-order valence-corrected chi connectivity index (χ0v) is 15.9. The molecule has 25 heavy (non-hydrogen) atoms. The second-order valence-electron chi connectivity index (χ2n) is 5.35. The molecule has 0 fully saturated rings. The smallest absolute Gasteiger partial charge is 0.302 e. The van der Waals surface area contributed by atoms with Crippen molar-refractivity contribution in [2.75, 3.05) is 5.73 Å². The maximum atomic E-state index is 12.7. The summed E-state index contributed by atoms with van der Waals surface area (Å²) in [6.45, 7) is 3.53. The Kier molecular flexibility index (Phi) is 5.17. The lowest BCUT2D eigenvalue weighted by Crippen LogP contribution is -2.39. The molecule has 134 valence electrons. The van der Waals surface area contributed by atoms with Gasteiger partial charge in [-0.1, -0.05) is 6.07 Å². The average Bonchev–Trinajstić information content (AvgIpc) is 2.48. The quantitative estimate of drug-likeness (QED) is 0.460. The fourth-order valence-electron chi connectivity index (χ4n) is 2.05. The fourth-order valence-corrected chi connectivity index (χ4v) is 5.63. The molecule has 1 amide bonds. The number of hydrogen-bond acceptors (Lipinski definition) is 6. The Hall–Kier alpha value is -2.04. The number of benzene rings is 2. The molecule has 0 aliphatic carbocycles. The van der Waals surface area contributed by atoms with Gasteiger partial charge in [-0.2, -0.15) is 16.8 Å². The number of nitrogens with two attached hydrogens (primary N) is 1. The summed E-state index contributed by atoms with van der Waals surface area (Å²) in [7, 11) is -9.37. The first kappa shape index (κ1) is 19.3. The van der Waals surface area contributed by atoms with Crippen LogP contribution in [0.25, 0.3) is 0 Å². The molecule has 2 N–H and O–H groups in total. The minimum Gasteiger partial charge on any atom is -0.399 e. The van der Waals surface area contributed by atoms with Gasteiger partial charge in [0.15, 0.2) is 0 Å². The molecule has 0 unspecified atom stereocenters. The van der Waals surface area contributed by atoms with E-state index in [2.05, 4.69) is 11.7 Å². The van der Waals surface area contributed by atoms with E-state index in [1.54, 1.807) is 13.0 Å². The number of nitrogen functional groups attached to an aromatic ring is 1. The summed E-state index contributed by atoms with van der Waals surface area (Å²) in [6.07, 6.45) is 0. The topological polar surface area (TPSA) is 115 Å². The standard InChI is InChI=1S/C15H16N2O5S3/c1-10-3-4-12(9-11(10)2)15(18)17(25(21,22)23)24(19,20)14-7-5-13(16)6-8-14/h3-9H,16H2,1-2H3,(H,21,22,23). The molecule has 0 heterocycles. The number of carbonyl (C=O) groups is 1. The number of sulfonamides is 1. The Morgan fingerprint density at radius 1 is 0.960 bits per heavy atom. The number of thiol groups is 1. The van der Waals surface area contributed by atoms with Gasteiger partial charge in [-0.3, -0.25) is 4.79 Å². The first-order chi connectivity index (χ1) is 11.4. The minimum atomic E-state index is -4.69. The number of aryl methyl sites for hydroxylation is 2. The maximum absolute atomic E-state index is 12.7. The molecule has 7 nitrogen and oxygen atoms in total. The third kappa shape index (κ3) is 3.97. The predicted octanol–water partition coefficient (Wildman–Crippen LogP) is 1.89. The van der Waals surface area contributed by atoms with Crippen molar-refractivity contribution < 1.29 is 21.6 Å². The van der Waals surface area contributed by atoms with Crippen LogP contribution in [-0.4, -0.2) is 26.5 Å². The van der Waals surface area contributed by atoms with E-state index in [0.29, 0.717) is 11.3 Å². The van der Waals surface area contributed by atoms with E-state index in [9.17, 15) is 21.6 Å². The number of anilines is 1. The van der Waals surface area contributed by atoms with Crippen LogP contribution in [0.2, 0.25) is 0 Å². The Morgan fingerprint density at radius 2 is 1.52 bits per heavy atom. The maximum Gasteiger partial charge on any atom is 0.302 e. The fraction of sp³-hybridized carbons (Fsp3) is 0.133. The molecule has 10 heteroatoms. The van der Waals surface area contributed by atoms with Gasteiger partial charge in [0.25, 0.3) is 15.9 Å². The lowest BCUT2D eigenvalue weighted by atomic mass is 10.1. The summed E-state index contributed by atoms with van der Waals surface area (Å²) in [4.78, 5) is 12.2. The summed E-state index contributed by atoms with van der Waals surface area (Å²) in [6, 6.07) is 9.18. The number of rotatable bonds is 4. The van der Waals surface area contributed by atoms with Gasteiger partial charge < -0.3 is 5.73 Å². The molecule has 2 aromatic rings. The van der Waals surface area contributed by atoms with Gasteiger partial charge in [-0.15, -0.1) is 3.71 Å². The Labute approximate surface area is 151 Å². The molecule has 0 saturated carbocycles. The molecule has 0 spiro atoms. The van der Waals surface area contributed by atoms with Crippen LogP contribution >= 0.6 is 11.7 Å². The largest absolute Gasteiger partial charge is 0.399 e. The molecule has 0 saturated heterocycles. The average molecular weight is 401 g/mol. The zero-order valence-electron chi connectivity index (χ0n) is 13.4. The van der Waals surface area contributed by atoms with Gasteiger partial charge in [0.2, 0.25) is 0 Å². The first-order valence-electron chi connectivity index (χ1n) is 6.94. The van der Waals surface area contributed by atoms with Crippen molar-refractivity contribution in [1.82, 2.24) is 3.71 Å². The second-order valence-corrected chi connectivity index (χ2v) is 10.0. The normalized spacial score (nSPS) is 12.0. The molecular weight excluding hydrogens is 384 g/mol. The Morgan fingerprint density at radius 3 is 2.00 bits per heavy atom. The summed E-state index contributed by atoms with van der Waals surface area (Å²) in [5, 5.41) is 0. The Bertz CT molecular complexity index is 1030. The molecule has 0 aliphatic heterocycles. The highest BCUT2D eigenvalue weighted by Gasteiger charge is 2.38. The van der Waals surface area contributed by atoms with Gasteiger partial charge in [-0.25, -0.2) is 0 Å². The number of carbonyl (C=O) groups excluding carboxylic acids is 1. The summed E-state index contributed by atoms with van der Waals surface area (Å²) < 4.78 is 49.1. The highest BCUT2D eigenvalue weighted by Crippen LogP contribution is 2.25. The first-order valence-corrected chi connectivity index (χ1v) is 10.9. The van der Waals surface area contributed by atoms with Gasteiger partial charge in [-0.05, 0) is 73.0 Å². The number of amides is 1. The molecule has 0 atom stereocenters. The monoisotopic (exact) mass is 400 g/mol. The van der Waals surface area contributed by atoms with Crippen LogP contribution in [-0.2, 0) is 19.1 Å². The van der Waals surface area contributed by atoms with Crippen LogP contribution in [0, 0.1) is 13.8 Å². The minimum absolute atomic E-state index is 0.0836. The highest BCUT2D eigenvalue weighted by molar-refractivity contribution is 8.64. The van der Waals surface area contributed by atoms with Crippen LogP contribution in [0.4, 0.5) is 5.69 Å². The predicted molar refractivity (Wildman–Crippen MR) is 98.0 cm³/mol. The van der Waals surface area contributed by atoms with E-state index in [-0.39, 0.29) is 9.27 Å². The van der Waals surface area contributed by atoms with Crippen LogP contribution in [0.3, 0.4) is 0 Å². The van der Waals surface area contributed by atoms with Gasteiger partial charge in [0, 0.05) is 11.3 Å². The second kappa shape index (κ2) is 6.70. The Balaban J connectivity index is 2.62. The van der Waals surface area contributed by atoms with Crippen molar-refractivity contribution in [2.24, 2.45) is 0 Å².